The molecule has 0 saturated heterocycles. The normalized spacial score (nSPS) is 13.4. The summed E-state index contributed by atoms with van der Waals surface area (Å²) >= 11 is 0. The Bertz CT molecular complexity index is 344. The number of aromatic nitrogens is 2. The van der Waals surface area contributed by atoms with Crippen LogP contribution in [0.3, 0.4) is 0 Å². The lowest BCUT2D eigenvalue weighted by molar-refractivity contribution is 0.134. The summed E-state index contributed by atoms with van der Waals surface area (Å²) < 4.78 is 7.51. The van der Waals surface area contributed by atoms with Crippen molar-refractivity contribution in [2.75, 3.05) is 19.0 Å². The summed E-state index contributed by atoms with van der Waals surface area (Å²) in [5.74, 6) is 1.45. The average molecular weight is 239 g/mol. The first-order chi connectivity index (χ1) is 7.95. The molecule has 4 heteroatoms. The molecule has 0 bridgehead atoms. The SMILES string of the molecule is COCC(C(C)C)n1cc(C)nc1NC(C)C. The predicted molar refractivity (Wildman–Crippen MR) is 71.5 cm³/mol. The number of nitrogens with zero attached hydrogens (tertiary/aromatic N) is 2. The number of nitrogens with one attached hydrogen (secondary N) is 1. The Hall–Kier alpha value is -1.03. The molecule has 0 amide bonds. The zero-order valence-corrected chi connectivity index (χ0v) is 11.8. The minimum atomic E-state index is 0.322. The molecule has 4 nitrogen and oxygen atoms in total. The van der Waals surface area contributed by atoms with Crippen LogP contribution < -0.4 is 5.32 Å². The molecule has 1 atom stereocenters. The summed E-state index contributed by atoms with van der Waals surface area (Å²) in [6.45, 7) is 11.4. The summed E-state index contributed by atoms with van der Waals surface area (Å²) in [6.07, 6.45) is 2.09. The zero-order chi connectivity index (χ0) is 13.0. The number of imidazole rings is 1. The molecular formula is C13H25N3O. The quantitative estimate of drug-likeness (QED) is 0.829. The van der Waals surface area contributed by atoms with Crippen LogP contribution in [0.4, 0.5) is 5.95 Å². The van der Waals surface area contributed by atoms with Gasteiger partial charge < -0.3 is 14.6 Å². The van der Waals surface area contributed by atoms with Gasteiger partial charge in [0.15, 0.2) is 0 Å². The third-order valence-electron chi connectivity index (χ3n) is 2.73. The van der Waals surface area contributed by atoms with Crippen molar-refractivity contribution in [3.05, 3.63) is 11.9 Å². The fraction of sp³-hybridized carbons (Fsp3) is 0.769. The Morgan fingerprint density at radius 3 is 2.47 bits per heavy atom. The molecule has 0 aromatic carbocycles. The van der Waals surface area contributed by atoms with Gasteiger partial charge in [0.05, 0.1) is 18.3 Å². The van der Waals surface area contributed by atoms with Gasteiger partial charge in [-0.15, -0.1) is 0 Å². The molecule has 1 aromatic rings. The Morgan fingerprint density at radius 2 is 2.00 bits per heavy atom. The third kappa shape index (κ3) is 3.73. The second-order valence-electron chi connectivity index (χ2n) is 5.18. The van der Waals surface area contributed by atoms with Crippen molar-refractivity contribution in [1.29, 1.82) is 0 Å². The highest BCUT2D eigenvalue weighted by Crippen LogP contribution is 2.23. The maximum atomic E-state index is 5.31. The Morgan fingerprint density at radius 1 is 1.35 bits per heavy atom. The van der Waals surface area contributed by atoms with Crippen molar-refractivity contribution in [2.24, 2.45) is 5.92 Å². The van der Waals surface area contributed by atoms with E-state index in [9.17, 15) is 0 Å². The van der Waals surface area contributed by atoms with E-state index in [1.807, 2.05) is 6.92 Å². The van der Waals surface area contributed by atoms with Crippen LogP contribution in [0.5, 0.6) is 0 Å². The number of hydrogen-bond acceptors (Lipinski definition) is 3. The highest BCUT2D eigenvalue weighted by Gasteiger charge is 2.19. The van der Waals surface area contributed by atoms with Crippen molar-refractivity contribution in [3.8, 4) is 0 Å². The first-order valence-electron chi connectivity index (χ1n) is 6.26. The van der Waals surface area contributed by atoms with E-state index in [-0.39, 0.29) is 0 Å². The summed E-state index contributed by atoms with van der Waals surface area (Å²) in [4.78, 5) is 4.53. The van der Waals surface area contributed by atoms with Crippen molar-refractivity contribution < 1.29 is 4.74 Å². The number of aryl methyl sites for hydroxylation is 1. The van der Waals surface area contributed by atoms with E-state index in [0.717, 1.165) is 11.6 Å². The van der Waals surface area contributed by atoms with Gasteiger partial charge in [-0.1, -0.05) is 13.8 Å². The lowest BCUT2D eigenvalue weighted by atomic mass is 10.1. The minimum Gasteiger partial charge on any atom is -0.383 e. The van der Waals surface area contributed by atoms with E-state index < -0.39 is 0 Å². The van der Waals surface area contributed by atoms with Gasteiger partial charge in [-0.3, -0.25) is 0 Å². The molecule has 1 unspecified atom stereocenters. The van der Waals surface area contributed by atoms with Gasteiger partial charge in [0.1, 0.15) is 0 Å². The maximum Gasteiger partial charge on any atom is 0.203 e. The molecular weight excluding hydrogens is 214 g/mol. The van der Waals surface area contributed by atoms with Gasteiger partial charge in [-0.25, -0.2) is 4.98 Å². The molecule has 0 saturated carbocycles. The van der Waals surface area contributed by atoms with Crippen LogP contribution in [0.25, 0.3) is 0 Å². The lowest BCUT2D eigenvalue weighted by Gasteiger charge is -2.24. The molecule has 0 aliphatic rings. The van der Waals surface area contributed by atoms with Gasteiger partial charge in [-0.2, -0.15) is 0 Å². The molecule has 0 aliphatic carbocycles. The molecule has 0 radical (unpaired) electrons. The fourth-order valence-corrected chi connectivity index (χ4v) is 1.90. The summed E-state index contributed by atoms with van der Waals surface area (Å²) in [5.41, 5.74) is 1.04. The van der Waals surface area contributed by atoms with Crippen LogP contribution in [0.15, 0.2) is 6.20 Å². The first kappa shape index (κ1) is 14.0. The van der Waals surface area contributed by atoms with E-state index >= 15 is 0 Å². The van der Waals surface area contributed by atoms with Crippen LogP contribution in [0.1, 0.15) is 39.4 Å². The third-order valence-corrected chi connectivity index (χ3v) is 2.73. The Labute approximate surface area is 104 Å². The topological polar surface area (TPSA) is 39.1 Å². The van der Waals surface area contributed by atoms with Gasteiger partial charge in [0.25, 0.3) is 0 Å². The van der Waals surface area contributed by atoms with Crippen molar-refractivity contribution in [2.45, 2.75) is 46.7 Å². The predicted octanol–water partition coefficient (Wildman–Crippen LogP) is 2.86. The van der Waals surface area contributed by atoms with Crippen LogP contribution in [-0.2, 0) is 4.74 Å². The Balaban J connectivity index is 3.00. The highest BCUT2D eigenvalue weighted by atomic mass is 16.5. The van der Waals surface area contributed by atoms with E-state index in [1.165, 1.54) is 0 Å². The van der Waals surface area contributed by atoms with Crippen molar-refractivity contribution >= 4 is 5.95 Å². The second kappa shape index (κ2) is 6.05. The number of rotatable bonds is 6. The minimum absolute atomic E-state index is 0.322. The highest BCUT2D eigenvalue weighted by molar-refractivity contribution is 5.30. The molecule has 1 N–H and O–H groups in total. The van der Waals surface area contributed by atoms with E-state index in [0.29, 0.717) is 24.6 Å². The molecule has 0 spiro atoms. The summed E-state index contributed by atoms with van der Waals surface area (Å²) in [7, 11) is 1.74. The number of hydrogen-bond donors (Lipinski definition) is 1. The van der Waals surface area contributed by atoms with Crippen LogP contribution in [0, 0.1) is 12.8 Å². The summed E-state index contributed by atoms with van der Waals surface area (Å²) in [6, 6.07) is 0.702. The van der Waals surface area contributed by atoms with Gasteiger partial charge >= 0.3 is 0 Å². The lowest BCUT2D eigenvalue weighted by Crippen LogP contribution is -2.23. The van der Waals surface area contributed by atoms with Crippen LogP contribution >= 0.6 is 0 Å². The largest absolute Gasteiger partial charge is 0.383 e. The molecule has 1 aromatic heterocycles. The molecule has 0 fully saturated rings. The average Bonchev–Trinajstić information content (AvgIpc) is 2.54. The van der Waals surface area contributed by atoms with Crippen LogP contribution in [-0.4, -0.2) is 29.3 Å². The van der Waals surface area contributed by atoms with Crippen molar-refractivity contribution in [1.82, 2.24) is 9.55 Å². The van der Waals surface area contributed by atoms with Gasteiger partial charge in [0.2, 0.25) is 5.95 Å². The smallest absolute Gasteiger partial charge is 0.203 e. The number of ether oxygens (including phenoxy) is 1. The van der Waals surface area contributed by atoms with Crippen LogP contribution in [0.2, 0.25) is 0 Å². The molecule has 1 rings (SSSR count). The van der Waals surface area contributed by atoms with E-state index in [4.69, 9.17) is 4.74 Å². The zero-order valence-electron chi connectivity index (χ0n) is 11.8. The molecule has 1 heterocycles. The second-order valence-corrected chi connectivity index (χ2v) is 5.18. The first-order valence-corrected chi connectivity index (χ1v) is 6.26. The molecule has 0 aliphatic heterocycles. The van der Waals surface area contributed by atoms with Gasteiger partial charge in [0, 0.05) is 19.3 Å². The number of anilines is 1. The maximum absolute atomic E-state index is 5.31. The molecule has 17 heavy (non-hydrogen) atoms. The number of methoxy groups -OCH3 is 1. The standard InChI is InChI=1S/C13H25N3O/c1-9(2)12(8-17-6)16-7-11(5)15-13(16)14-10(3)4/h7,9-10,12H,8H2,1-6H3,(H,14,15). The van der Waals surface area contributed by atoms with Gasteiger partial charge in [-0.05, 0) is 26.7 Å². The fourth-order valence-electron chi connectivity index (χ4n) is 1.90. The van der Waals surface area contributed by atoms with Crippen molar-refractivity contribution in [3.63, 3.8) is 0 Å². The molecule has 98 valence electrons. The Kier molecular flexibility index (Phi) is 5.00. The monoisotopic (exact) mass is 239 g/mol. The van der Waals surface area contributed by atoms with E-state index in [1.54, 1.807) is 7.11 Å². The van der Waals surface area contributed by atoms with E-state index in [2.05, 4.69) is 48.8 Å². The summed E-state index contributed by atoms with van der Waals surface area (Å²) in [5, 5.41) is 3.38.